The Hall–Kier alpha value is -0.700. The highest BCUT2D eigenvalue weighted by molar-refractivity contribution is 6.21. The van der Waals surface area contributed by atoms with Gasteiger partial charge in [0.05, 0.1) is 5.56 Å². The summed E-state index contributed by atoms with van der Waals surface area (Å²) < 4.78 is 37.8. The van der Waals surface area contributed by atoms with Crippen molar-refractivity contribution in [2.75, 3.05) is 0 Å². The Morgan fingerprint density at radius 1 is 1.17 bits per heavy atom. The van der Waals surface area contributed by atoms with Crippen LogP contribution in [0, 0.1) is 6.92 Å². The van der Waals surface area contributed by atoms with Gasteiger partial charge in [0.1, 0.15) is 0 Å². The van der Waals surface area contributed by atoms with Gasteiger partial charge in [-0.15, -0.1) is 11.6 Å². The summed E-state index contributed by atoms with van der Waals surface area (Å²) in [6.45, 7) is 1.74. The summed E-state index contributed by atoms with van der Waals surface area (Å²) in [6.07, 6.45) is -0.123. The Labute approximate surface area is 110 Å². The summed E-state index contributed by atoms with van der Waals surface area (Å²) in [5, 5.41) is 0.0502. The molecular weight excluding hydrogens is 261 g/mol. The molecule has 1 saturated carbocycles. The third kappa shape index (κ3) is 2.82. The maximum absolute atomic E-state index is 12.6. The quantitative estimate of drug-likeness (QED) is 0.612. The SMILES string of the molecule is Cc1cc(C(F)(F)F)ccc1C1CCCCC1Cl. The Morgan fingerprint density at radius 3 is 2.39 bits per heavy atom. The number of halogens is 4. The van der Waals surface area contributed by atoms with Crippen LogP contribution in [0.15, 0.2) is 18.2 Å². The molecule has 1 aliphatic carbocycles. The highest BCUT2D eigenvalue weighted by Gasteiger charge is 2.32. The first-order valence-electron chi connectivity index (χ1n) is 6.21. The summed E-state index contributed by atoms with van der Waals surface area (Å²) in [6, 6.07) is 4.00. The monoisotopic (exact) mass is 276 g/mol. The van der Waals surface area contributed by atoms with Gasteiger partial charge < -0.3 is 0 Å². The fourth-order valence-corrected chi connectivity index (χ4v) is 3.12. The van der Waals surface area contributed by atoms with Crippen LogP contribution in [-0.4, -0.2) is 5.38 Å². The summed E-state index contributed by atoms with van der Waals surface area (Å²) in [5.74, 6) is 0.197. The standard InChI is InChI=1S/C14H16ClF3/c1-9-8-10(14(16,17)18)6-7-11(9)12-4-2-3-5-13(12)15/h6-8,12-13H,2-5H2,1H3. The zero-order valence-electron chi connectivity index (χ0n) is 10.2. The van der Waals surface area contributed by atoms with Gasteiger partial charge in [-0.2, -0.15) is 13.2 Å². The largest absolute Gasteiger partial charge is 0.416 e. The molecule has 0 nitrogen and oxygen atoms in total. The van der Waals surface area contributed by atoms with Gasteiger partial charge in [-0.25, -0.2) is 0 Å². The number of benzene rings is 1. The van der Waals surface area contributed by atoms with E-state index >= 15 is 0 Å². The molecule has 0 aliphatic heterocycles. The normalized spacial score (nSPS) is 25.2. The molecule has 0 spiro atoms. The number of aryl methyl sites for hydroxylation is 1. The fourth-order valence-electron chi connectivity index (χ4n) is 2.70. The Morgan fingerprint density at radius 2 is 1.83 bits per heavy atom. The predicted octanol–water partition coefficient (Wildman–Crippen LogP) is 5.28. The van der Waals surface area contributed by atoms with E-state index in [1.165, 1.54) is 12.1 Å². The molecule has 2 unspecified atom stereocenters. The highest BCUT2D eigenvalue weighted by atomic mass is 35.5. The molecule has 2 atom stereocenters. The van der Waals surface area contributed by atoms with E-state index in [2.05, 4.69) is 0 Å². The molecule has 0 saturated heterocycles. The van der Waals surface area contributed by atoms with Crippen molar-refractivity contribution in [3.63, 3.8) is 0 Å². The van der Waals surface area contributed by atoms with Crippen molar-refractivity contribution in [2.24, 2.45) is 0 Å². The number of hydrogen-bond acceptors (Lipinski definition) is 0. The lowest BCUT2D eigenvalue weighted by Crippen LogP contribution is -2.19. The van der Waals surface area contributed by atoms with Crippen LogP contribution in [0.25, 0.3) is 0 Å². The molecule has 18 heavy (non-hydrogen) atoms. The van der Waals surface area contributed by atoms with Gasteiger partial charge in [0.25, 0.3) is 0 Å². The lowest BCUT2D eigenvalue weighted by molar-refractivity contribution is -0.137. The van der Waals surface area contributed by atoms with Crippen LogP contribution in [0.4, 0.5) is 13.2 Å². The zero-order valence-corrected chi connectivity index (χ0v) is 11.0. The van der Waals surface area contributed by atoms with E-state index in [0.29, 0.717) is 5.56 Å². The topological polar surface area (TPSA) is 0 Å². The molecule has 0 amide bonds. The van der Waals surface area contributed by atoms with Crippen LogP contribution in [0.1, 0.15) is 48.3 Å². The first kappa shape index (κ1) is 13.7. The molecular formula is C14H16ClF3. The molecule has 1 aromatic rings. The first-order valence-corrected chi connectivity index (χ1v) is 6.65. The van der Waals surface area contributed by atoms with Crippen molar-refractivity contribution in [3.05, 3.63) is 34.9 Å². The van der Waals surface area contributed by atoms with Gasteiger partial charge in [-0.1, -0.05) is 18.9 Å². The summed E-state index contributed by atoms with van der Waals surface area (Å²) in [7, 11) is 0. The second-order valence-corrected chi connectivity index (χ2v) is 5.54. The number of hydrogen-bond donors (Lipinski definition) is 0. The van der Waals surface area contributed by atoms with Crippen molar-refractivity contribution in [1.29, 1.82) is 0 Å². The van der Waals surface area contributed by atoms with Crippen LogP contribution < -0.4 is 0 Å². The van der Waals surface area contributed by atoms with E-state index in [0.717, 1.165) is 31.2 Å². The van der Waals surface area contributed by atoms with E-state index in [1.807, 2.05) is 0 Å². The van der Waals surface area contributed by atoms with Gasteiger partial charge in [-0.3, -0.25) is 0 Å². The average Bonchev–Trinajstić information content (AvgIpc) is 2.29. The smallest absolute Gasteiger partial charge is 0.166 e. The highest BCUT2D eigenvalue weighted by Crippen LogP contribution is 2.39. The van der Waals surface area contributed by atoms with Gasteiger partial charge in [0, 0.05) is 11.3 Å². The van der Waals surface area contributed by atoms with Crippen LogP contribution in [0.2, 0.25) is 0 Å². The molecule has 0 heterocycles. The lowest BCUT2D eigenvalue weighted by Gasteiger charge is -2.29. The van der Waals surface area contributed by atoms with E-state index < -0.39 is 11.7 Å². The van der Waals surface area contributed by atoms with E-state index in [-0.39, 0.29) is 11.3 Å². The lowest BCUT2D eigenvalue weighted by atomic mass is 9.81. The minimum Gasteiger partial charge on any atom is -0.166 e. The third-order valence-electron chi connectivity index (χ3n) is 3.68. The molecule has 1 aliphatic rings. The van der Waals surface area contributed by atoms with Crippen molar-refractivity contribution in [3.8, 4) is 0 Å². The van der Waals surface area contributed by atoms with E-state index in [4.69, 9.17) is 11.6 Å². The Bertz CT molecular complexity index is 426. The van der Waals surface area contributed by atoms with Crippen LogP contribution in [0.3, 0.4) is 0 Å². The first-order chi connectivity index (χ1) is 8.39. The van der Waals surface area contributed by atoms with Crippen molar-refractivity contribution >= 4 is 11.6 Å². The molecule has 0 aromatic heterocycles. The summed E-state index contributed by atoms with van der Waals surface area (Å²) in [4.78, 5) is 0. The third-order valence-corrected chi connectivity index (χ3v) is 4.20. The van der Waals surface area contributed by atoms with Crippen LogP contribution >= 0.6 is 11.6 Å². The van der Waals surface area contributed by atoms with Crippen LogP contribution in [-0.2, 0) is 6.18 Å². The van der Waals surface area contributed by atoms with E-state index in [1.54, 1.807) is 13.0 Å². The predicted molar refractivity (Wildman–Crippen MR) is 67.0 cm³/mol. The van der Waals surface area contributed by atoms with Gasteiger partial charge in [0.15, 0.2) is 0 Å². The maximum Gasteiger partial charge on any atom is 0.416 e. The molecule has 1 aromatic carbocycles. The number of rotatable bonds is 1. The second-order valence-electron chi connectivity index (χ2n) is 4.98. The van der Waals surface area contributed by atoms with Crippen molar-refractivity contribution < 1.29 is 13.2 Å². The molecule has 4 heteroatoms. The molecule has 100 valence electrons. The molecule has 0 bridgehead atoms. The van der Waals surface area contributed by atoms with Gasteiger partial charge in [-0.05, 0) is 43.0 Å². The zero-order chi connectivity index (χ0) is 13.3. The van der Waals surface area contributed by atoms with Crippen molar-refractivity contribution in [1.82, 2.24) is 0 Å². The van der Waals surface area contributed by atoms with Crippen LogP contribution in [0.5, 0.6) is 0 Å². The second kappa shape index (κ2) is 5.12. The maximum atomic E-state index is 12.6. The Balaban J connectivity index is 2.29. The average molecular weight is 277 g/mol. The fraction of sp³-hybridized carbons (Fsp3) is 0.571. The van der Waals surface area contributed by atoms with Gasteiger partial charge in [0.2, 0.25) is 0 Å². The van der Waals surface area contributed by atoms with Crippen molar-refractivity contribution in [2.45, 2.75) is 50.1 Å². The van der Waals surface area contributed by atoms with E-state index in [9.17, 15) is 13.2 Å². The number of alkyl halides is 4. The molecule has 2 rings (SSSR count). The summed E-state index contributed by atoms with van der Waals surface area (Å²) in [5.41, 5.74) is 1.09. The molecule has 1 fully saturated rings. The summed E-state index contributed by atoms with van der Waals surface area (Å²) >= 11 is 6.30. The molecule has 0 N–H and O–H groups in total. The van der Waals surface area contributed by atoms with Gasteiger partial charge >= 0.3 is 6.18 Å². The minimum atomic E-state index is -4.27. The molecule has 0 radical (unpaired) electrons. The Kier molecular flexibility index (Phi) is 3.90. The minimum absolute atomic E-state index is 0.0502.